The Hall–Kier alpha value is -3.36. The maximum Gasteiger partial charge on any atom is 0.249 e. The molecule has 1 aromatic heterocycles. The van der Waals surface area contributed by atoms with Gasteiger partial charge in [-0.2, -0.15) is 0 Å². The number of aromatic nitrogens is 2. The van der Waals surface area contributed by atoms with Crippen molar-refractivity contribution in [2.24, 2.45) is 17.9 Å². The number of aliphatic hydroxyl groups is 1. The number of aryl methyl sites for hydroxylation is 1. The summed E-state index contributed by atoms with van der Waals surface area (Å²) in [6, 6.07) is 11.2. The van der Waals surface area contributed by atoms with E-state index in [-0.39, 0.29) is 18.6 Å². The van der Waals surface area contributed by atoms with Gasteiger partial charge in [0.05, 0.1) is 16.8 Å². The third kappa shape index (κ3) is 6.01. The monoisotopic (exact) mass is 498 g/mol. The Bertz CT molecular complexity index is 1220. The van der Waals surface area contributed by atoms with Gasteiger partial charge in [-0.1, -0.05) is 41.0 Å². The van der Waals surface area contributed by atoms with Gasteiger partial charge in [0.25, 0.3) is 0 Å². The number of nitrogens with two attached hydrogens (primary N) is 1. The number of halogens is 1. The number of hydrogen-bond acceptors (Lipinski definition) is 6. The summed E-state index contributed by atoms with van der Waals surface area (Å²) < 4.78 is 7.62. The molecule has 0 aliphatic rings. The highest BCUT2D eigenvalue weighted by Crippen LogP contribution is 2.39. The molecule has 4 N–H and O–H groups in total. The van der Waals surface area contributed by atoms with E-state index in [0.29, 0.717) is 46.3 Å². The van der Waals surface area contributed by atoms with Crippen LogP contribution in [0.5, 0.6) is 5.75 Å². The van der Waals surface area contributed by atoms with E-state index < -0.39 is 5.91 Å². The van der Waals surface area contributed by atoms with Crippen molar-refractivity contribution < 1.29 is 19.8 Å². The average Bonchev–Trinajstić information content (AvgIpc) is 3.21. The van der Waals surface area contributed by atoms with E-state index in [2.05, 4.69) is 10.1 Å². The molecule has 0 saturated heterocycles. The molecule has 9 heteroatoms. The Balaban J connectivity index is 1.94. The van der Waals surface area contributed by atoms with Crippen LogP contribution in [0.15, 0.2) is 47.8 Å². The van der Waals surface area contributed by atoms with Crippen molar-refractivity contribution >= 4 is 23.2 Å². The minimum atomic E-state index is -0.580. The highest BCUT2D eigenvalue weighted by atomic mass is 35.5. The zero-order chi connectivity index (χ0) is 25.7. The number of primary amides is 1. The molecule has 0 aliphatic carbocycles. The molecule has 1 amide bonds. The second kappa shape index (κ2) is 11.4. The van der Waals surface area contributed by atoms with Crippen LogP contribution >= 0.6 is 11.6 Å². The molecule has 0 radical (unpaired) electrons. The summed E-state index contributed by atoms with van der Waals surface area (Å²) in [4.78, 5) is 16.7. The van der Waals surface area contributed by atoms with Crippen LogP contribution in [0, 0.1) is 0 Å². The van der Waals surface area contributed by atoms with Crippen LogP contribution in [-0.4, -0.2) is 44.2 Å². The Labute approximate surface area is 210 Å². The quantitative estimate of drug-likeness (QED) is 0.215. The number of nitrogens with zero attached hydrogens (tertiary/aromatic N) is 3. The van der Waals surface area contributed by atoms with E-state index >= 15 is 0 Å². The van der Waals surface area contributed by atoms with Crippen LogP contribution in [0.2, 0.25) is 5.02 Å². The SMILES string of the molecule is CC(=NO)c1nc(-c2ccc(CC(CCO)c3c(C(N)=O)ccc(OC(C)C)c3Cl)cc2)cn1C. The largest absolute Gasteiger partial charge is 0.489 e. The van der Waals surface area contributed by atoms with Crippen molar-refractivity contribution in [3.63, 3.8) is 0 Å². The van der Waals surface area contributed by atoms with E-state index in [9.17, 15) is 9.90 Å². The number of amides is 1. The number of rotatable bonds is 10. The summed E-state index contributed by atoms with van der Waals surface area (Å²) in [5.41, 5.74) is 9.65. The predicted molar refractivity (Wildman–Crippen MR) is 137 cm³/mol. The molecule has 1 heterocycles. The van der Waals surface area contributed by atoms with Crippen LogP contribution < -0.4 is 10.5 Å². The van der Waals surface area contributed by atoms with Crippen LogP contribution in [0.3, 0.4) is 0 Å². The number of oxime groups is 1. The molecule has 2 aromatic carbocycles. The maximum atomic E-state index is 12.2. The third-order valence-corrected chi connectivity index (χ3v) is 6.13. The van der Waals surface area contributed by atoms with E-state index in [0.717, 1.165) is 16.8 Å². The molecular formula is C26H31ClN4O4. The number of aliphatic hydroxyl groups excluding tert-OH is 1. The Kier molecular flexibility index (Phi) is 8.53. The summed E-state index contributed by atoms with van der Waals surface area (Å²) in [5, 5.41) is 22.4. The smallest absolute Gasteiger partial charge is 0.249 e. The lowest BCUT2D eigenvalue weighted by molar-refractivity contribution is 0.0998. The first-order chi connectivity index (χ1) is 16.7. The molecular weight excluding hydrogens is 468 g/mol. The van der Waals surface area contributed by atoms with E-state index in [1.807, 2.05) is 51.4 Å². The molecule has 1 atom stereocenters. The zero-order valence-corrected chi connectivity index (χ0v) is 21.1. The second-order valence-corrected chi connectivity index (χ2v) is 9.10. The topological polar surface area (TPSA) is 123 Å². The zero-order valence-electron chi connectivity index (χ0n) is 20.3. The molecule has 3 aromatic rings. The summed E-state index contributed by atoms with van der Waals surface area (Å²) in [6.07, 6.45) is 2.71. The molecule has 8 nitrogen and oxygen atoms in total. The predicted octanol–water partition coefficient (Wildman–Crippen LogP) is 4.53. The Morgan fingerprint density at radius 1 is 1.23 bits per heavy atom. The fourth-order valence-corrected chi connectivity index (χ4v) is 4.48. The van der Waals surface area contributed by atoms with Crippen molar-refractivity contribution in [1.29, 1.82) is 0 Å². The minimum absolute atomic E-state index is 0.0744. The van der Waals surface area contributed by atoms with Gasteiger partial charge in [-0.3, -0.25) is 4.79 Å². The lowest BCUT2D eigenvalue weighted by Gasteiger charge is -2.23. The number of carbonyl (C=O) groups excluding carboxylic acids is 1. The maximum absolute atomic E-state index is 12.2. The third-order valence-electron chi connectivity index (χ3n) is 5.74. The molecule has 0 aliphatic heterocycles. The number of benzene rings is 2. The van der Waals surface area contributed by atoms with E-state index in [4.69, 9.17) is 27.3 Å². The second-order valence-electron chi connectivity index (χ2n) is 8.73. The fraction of sp³-hybridized carbons (Fsp3) is 0.346. The van der Waals surface area contributed by atoms with Crippen molar-refractivity contribution in [3.8, 4) is 17.0 Å². The average molecular weight is 499 g/mol. The van der Waals surface area contributed by atoms with Crippen LogP contribution in [0.25, 0.3) is 11.3 Å². The van der Waals surface area contributed by atoms with Gasteiger partial charge >= 0.3 is 0 Å². The molecule has 1 unspecified atom stereocenters. The first-order valence-corrected chi connectivity index (χ1v) is 11.7. The molecule has 0 bridgehead atoms. The molecule has 0 saturated carbocycles. The van der Waals surface area contributed by atoms with Crippen LogP contribution in [0.4, 0.5) is 0 Å². The van der Waals surface area contributed by atoms with Crippen molar-refractivity contribution in [2.45, 2.75) is 45.6 Å². The summed E-state index contributed by atoms with van der Waals surface area (Å²) in [7, 11) is 1.84. The van der Waals surface area contributed by atoms with Crippen molar-refractivity contribution in [2.75, 3.05) is 6.61 Å². The van der Waals surface area contributed by atoms with Gasteiger partial charge in [0, 0.05) is 31.0 Å². The Morgan fingerprint density at radius 2 is 1.91 bits per heavy atom. The lowest BCUT2D eigenvalue weighted by atomic mass is 9.86. The summed E-state index contributed by atoms with van der Waals surface area (Å²) >= 11 is 6.71. The van der Waals surface area contributed by atoms with Crippen LogP contribution in [-0.2, 0) is 13.5 Å². The van der Waals surface area contributed by atoms with Gasteiger partial charge in [-0.25, -0.2) is 4.98 Å². The summed E-state index contributed by atoms with van der Waals surface area (Å²) in [6.45, 7) is 5.40. The number of imidazole rings is 1. The summed E-state index contributed by atoms with van der Waals surface area (Å²) in [5.74, 6) is 0.227. The van der Waals surface area contributed by atoms with Crippen molar-refractivity contribution in [1.82, 2.24) is 9.55 Å². The minimum Gasteiger partial charge on any atom is -0.489 e. The number of hydrogen-bond donors (Lipinski definition) is 3. The van der Waals surface area contributed by atoms with Gasteiger partial charge in [0.2, 0.25) is 5.91 Å². The first kappa shape index (κ1) is 26.2. The molecule has 186 valence electrons. The molecule has 3 rings (SSSR count). The van der Waals surface area contributed by atoms with Gasteiger partial charge < -0.3 is 25.4 Å². The van der Waals surface area contributed by atoms with E-state index in [1.165, 1.54) is 0 Å². The van der Waals surface area contributed by atoms with Gasteiger partial charge in [0.1, 0.15) is 11.5 Å². The van der Waals surface area contributed by atoms with Crippen LogP contribution in [0.1, 0.15) is 60.4 Å². The van der Waals surface area contributed by atoms with E-state index in [1.54, 1.807) is 23.6 Å². The molecule has 0 fully saturated rings. The Morgan fingerprint density at radius 3 is 2.49 bits per heavy atom. The highest BCUT2D eigenvalue weighted by molar-refractivity contribution is 6.33. The first-order valence-electron chi connectivity index (χ1n) is 11.4. The van der Waals surface area contributed by atoms with Gasteiger partial charge in [-0.15, -0.1) is 0 Å². The standard InChI is InChI=1S/C26H31ClN4O4/c1-15(2)35-22-10-9-20(25(28)33)23(24(22)27)19(11-12-32)13-17-5-7-18(8-6-17)21-14-31(4)26(29-21)16(3)30-34/h5-10,14-15,19,32,34H,11-13H2,1-4H3,(H2,28,33). The van der Waals surface area contributed by atoms with Gasteiger partial charge in [0.15, 0.2) is 5.82 Å². The molecule has 35 heavy (non-hydrogen) atoms. The van der Waals surface area contributed by atoms with Crippen molar-refractivity contribution in [3.05, 3.63) is 70.1 Å². The lowest BCUT2D eigenvalue weighted by Crippen LogP contribution is -2.18. The fourth-order valence-electron chi connectivity index (χ4n) is 4.12. The molecule has 0 spiro atoms. The number of carbonyl (C=O) groups is 1. The normalized spacial score (nSPS) is 12.7. The number of ether oxygens (including phenoxy) is 1. The van der Waals surface area contributed by atoms with Gasteiger partial charge in [-0.05, 0) is 62.8 Å². The highest BCUT2D eigenvalue weighted by Gasteiger charge is 2.24.